The minimum absolute atomic E-state index is 0.176. The largest absolute Gasteiger partial charge is 0.493 e. The van der Waals surface area contributed by atoms with Gasteiger partial charge in [0.05, 0.1) is 113 Å². The topological polar surface area (TPSA) is 266 Å². The van der Waals surface area contributed by atoms with E-state index in [1.165, 1.54) is 27.8 Å². The van der Waals surface area contributed by atoms with Gasteiger partial charge in [-0.2, -0.15) is 0 Å². The maximum atomic E-state index is 5.49. The molecule has 3 aliphatic heterocycles. The molecule has 6 aromatic carbocycles. The molecule has 3 saturated heterocycles. The average molecular weight is 1410 g/mol. The van der Waals surface area contributed by atoms with Crippen molar-refractivity contribution in [3.05, 3.63) is 199 Å². The quantitative estimate of drug-likeness (QED) is 0.0603. The van der Waals surface area contributed by atoms with Crippen LogP contribution in [0.15, 0.2) is 171 Å². The van der Waals surface area contributed by atoms with E-state index in [0.29, 0.717) is 34.5 Å². The van der Waals surface area contributed by atoms with Crippen molar-refractivity contribution in [2.45, 2.75) is 39.9 Å². The van der Waals surface area contributed by atoms with Crippen LogP contribution in [0.4, 0.5) is 52.4 Å². The third kappa shape index (κ3) is 16.9. The normalized spacial score (nSPS) is 14.0. The maximum Gasteiger partial charge on any atom is 0.225 e. The minimum atomic E-state index is 0.176. The fourth-order valence-electron chi connectivity index (χ4n) is 13.0. The molecule has 0 bridgehead atoms. The minimum Gasteiger partial charge on any atom is -0.493 e. The Balaban J connectivity index is 0.000000140. The van der Waals surface area contributed by atoms with Gasteiger partial charge in [0.15, 0.2) is 34.5 Å². The highest BCUT2D eigenvalue weighted by Gasteiger charge is 2.27. The standard InChI is InChI=1S/3C26H29N7O2/c1-18-5-4-6-19(11-18)14-27-20-15-28-26(29-16-20)33-9-7-32(8-10-33)25-21-12-23(34-2)24(35-3)13-22(21)30-17-31-25;1-18-6-4-5-7-19(18)14-27-20-15-28-26(29-16-20)33-10-8-32(9-11-33)25-21-12-23(34-2)24(35-3)13-22(21)30-17-31-25;1-18(19-7-5-4-6-8-19)31-20-15-27-26(28-16-20)33-11-9-32(10-12-33)25-21-13-23(34-2)24(35-3)14-22(21)29-17-30-25/h4-6,11-13,15-17,27H,7-10,14H2,1-3H3;4-7,12-13,15-17,27H,8-11,14H2,1-3H3;4-8,13-18,31H,9-12H2,1-3H3. The molecular formula is C78H87N21O6. The van der Waals surface area contributed by atoms with Crippen molar-refractivity contribution in [1.29, 1.82) is 0 Å². The van der Waals surface area contributed by atoms with Crippen LogP contribution in [0.3, 0.4) is 0 Å². The van der Waals surface area contributed by atoms with E-state index in [0.717, 1.165) is 177 Å². The summed E-state index contributed by atoms with van der Waals surface area (Å²) in [4.78, 5) is 68.1. The van der Waals surface area contributed by atoms with Crippen molar-refractivity contribution in [3.63, 3.8) is 0 Å². The zero-order valence-corrected chi connectivity index (χ0v) is 60.6. The third-order valence-corrected chi connectivity index (χ3v) is 18.9. The molecule has 1 atom stereocenters. The summed E-state index contributed by atoms with van der Waals surface area (Å²) in [5.74, 6) is 8.87. The molecule has 9 heterocycles. The zero-order valence-electron chi connectivity index (χ0n) is 60.6. The van der Waals surface area contributed by atoms with Crippen molar-refractivity contribution < 1.29 is 28.4 Å². The summed E-state index contributed by atoms with van der Waals surface area (Å²) in [6, 6.07) is 38.8. The number of aryl methyl sites for hydroxylation is 2. The highest BCUT2D eigenvalue weighted by atomic mass is 16.5. The highest BCUT2D eigenvalue weighted by Crippen LogP contribution is 2.39. The molecule has 105 heavy (non-hydrogen) atoms. The Labute approximate surface area is 610 Å². The molecular weight excluding hydrogens is 1330 g/mol. The molecule has 0 spiro atoms. The van der Waals surface area contributed by atoms with E-state index in [-0.39, 0.29) is 6.04 Å². The molecule has 0 aliphatic carbocycles. The first-order valence-electron chi connectivity index (χ1n) is 34.9. The van der Waals surface area contributed by atoms with Crippen molar-refractivity contribution in [2.75, 3.05) is 167 Å². The second-order valence-corrected chi connectivity index (χ2v) is 25.4. The Morgan fingerprint density at radius 3 is 1.09 bits per heavy atom. The van der Waals surface area contributed by atoms with Gasteiger partial charge in [0.2, 0.25) is 17.8 Å². The van der Waals surface area contributed by atoms with Gasteiger partial charge in [0.25, 0.3) is 0 Å². The Kier molecular flexibility index (Phi) is 22.7. The number of hydrogen-bond donors (Lipinski definition) is 3. The summed E-state index contributed by atoms with van der Waals surface area (Å²) >= 11 is 0. The second-order valence-electron chi connectivity index (χ2n) is 25.4. The van der Waals surface area contributed by atoms with Crippen LogP contribution in [0.2, 0.25) is 0 Å². The highest BCUT2D eigenvalue weighted by molar-refractivity contribution is 5.94. The van der Waals surface area contributed by atoms with Gasteiger partial charge in [-0.25, -0.2) is 59.8 Å². The van der Waals surface area contributed by atoms with E-state index >= 15 is 0 Å². The number of piperazine rings is 3. The van der Waals surface area contributed by atoms with Crippen molar-refractivity contribution in [1.82, 2.24) is 59.8 Å². The lowest BCUT2D eigenvalue weighted by atomic mass is 10.1. The zero-order chi connectivity index (χ0) is 72.6. The number of hydrogen-bond acceptors (Lipinski definition) is 27. The number of anilines is 9. The van der Waals surface area contributed by atoms with Crippen LogP contribution in [0, 0.1) is 13.8 Å². The number of nitrogens with one attached hydrogen (secondary N) is 3. The van der Waals surface area contributed by atoms with Crippen LogP contribution in [0.1, 0.15) is 40.8 Å². The summed E-state index contributed by atoms with van der Waals surface area (Å²) in [5.41, 5.74) is 11.4. The van der Waals surface area contributed by atoms with E-state index < -0.39 is 0 Å². The molecule has 27 nitrogen and oxygen atoms in total. The van der Waals surface area contributed by atoms with Crippen molar-refractivity contribution >= 4 is 85.1 Å². The van der Waals surface area contributed by atoms with Gasteiger partial charge < -0.3 is 73.8 Å². The number of ether oxygens (including phenoxy) is 6. The Bertz CT molecular complexity index is 4850. The van der Waals surface area contributed by atoms with Gasteiger partial charge in [0.1, 0.15) is 36.4 Å². The number of methoxy groups -OCH3 is 6. The Morgan fingerprint density at radius 1 is 0.352 bits per heavy atom. The summed E-state index contributed by atoms with van der Waals surface area (Å²) < 4.78 is 32.7. The summed E-state index contributed by atoms with van der Waals surface area (Å²) in [6.07, 6.45) is 15.9. The molecule has 1 unspecified atom stereocenters. The number of nitrogens with zero attached hydrogens (tertiary/aromatic N) is 18. The number of benzene rings is 6. The molecule has 6 aromatic heterocycles. The molecule has 3 aliphatic rings. The van der Waals surface area contributed by atoms with E-state index in [4.69, 9.17) is 28.4 Å². The summed E-state index contributed by atoms with van der Waals surface area (Å²) in [7, 11) is 9.78. The number of fused-ring (bicyclic) bond motifs is 3. The predicted octanol–water partition coefficient (Wildman–Crippen LogP) is 11.3. The van der Waals surface area contributed by atoms with Gasteiger partial charge in [-0.15, -0.1) is 0 Å². The Morgan fingerprint density at radius 2 is 0.705 bits per heavy atom. The Hall–Kier alpha value is -12.4. The van der Waals surface area contributed by atoms with Crippen molar-refractivity contribution in [3.8, 4) is 34.5 Å². The summed E-state index contributed by atoms with van der Waals surface area (Å²) in [5, 5.41) is 13.1. The predicted molar refractivity (Wildman–Crippen MR) is 413 cm³/mol. The first-order chi connectivity index (χ1) is 51.5. The van der Waals surface area contributed by atoms with E-state index in [9.17, 15) is 0 Å². The smallest absolute Gasteiger partial charge is 0.225 e. The first kappa shape index (κ1) is 71.0. The van der Waals surface area contributed by atoms with Crippen LogP contribution in [0.5, 0.6) is 34.5 Å². The lowest BCUT2D eigenvalue weighted by Gasteiger charge is -2.35. The van der Waals surface area contributed by atoms with Crippen LogP contribution in [-0.4, -0.2) is 181 Å². The van der Waals surface area contributed by atoms with Gasteiger partial charge in [-0.05, 0) is 61.2 Å². The monoisotopic (exact) mass is 1410 g/mol. The molecule has 27 heteroatoms. The molecule has 0 radical (unpaired) electrons. The summed E-state index contributed by atoms with van der Waals surface area (Å²) in [6.45, 7) is 17.4. The number of aromatic nitrogens is 12. The lowest BCUT2D eigenvalue weighted by Crippen LogP contribution is -2.47. The van der Waals surface area contributed by atoms with Gasteiger partial charge in [-0.1, -0.05) is 84.4 Å². The molecule has 15 rings (SSSR count). The van der Waals surface area contributed by atoms with Crippen LogP contribution >= 0.6 is 0 Å². The van der Waals surface area contributed by atoms with Crippen molar-refractivity contribution in [2.24, 2.45) is 0 Å². The number of rotatable bonds is 21. The lowest BCUT2D eigenvalue weighted by molar-refractivity contribution is 0.356. The molecule has 0 saturated carbocycles. The van der Waals surface area contributed by atoms with Gasteiger partial charge >= 0.3 is 0 Å². The average Bonchev–Trinajstić information content (AvgIpc) is 0.792. The van der Waals surface area contributed by atoms with Crippen LogP contribution in [-0.2, 0) is 13.1 Å². The van der Waals surface area contributed by atoms with Gasteiger partial charge in [-0.3, -0.25) is 0 Å². The molecule has 12 aromatic rings. The molecule has 3 fully saturated rings. The molecule has 3 N–H and O–H groups in total. The third-order valence-electron chi connectivity index (χ3n) is 18.9. The van der Waals surface area contributed by atoms with Gasteiger partial charge in [0, 0.05) is 132 Å². The second kappa shape index (κ2) is 33.6. The molecule has 0 amide bonds. The van der Waals surface area contributed by atoms with Crippen LogP contribution in [0.25, 0.3) is 32.7 Å². The fourth-order valence-corrected chi connectivity index (χ4v) is 13.0. The SMILES string of the molecule is COc1cc2ncnc(N3CCN(c4ncc(NC(C)c5ccccc5)cn4)CC3)c2cc1OC.COc1cc2ncnc(N3CCN(c4ncc(NCc5cccc(C)c5)cn4)CC3)c2cc1OC.COc1cc2ncnc(N3CCN(c4ncc(NCc5ccccc5C)cn4)CC3)c2cc1OC. The van der Waals surface area contributed by atoms with E-state index in [2.05, 4.69) is 187 Å². The molecule has 540 valence electrons. The first-order valence-corrected chi connectivity index (χ1v) is 34.9. The fraction of sp³-hybridized carbons (Fsp3) is 0.308. The van der Waals surface area contributed by atoms with E-state index in [1.54, 1.807) is 61.6 Å². The maximum absolute atomic E-state index is 5.49. The van der Waals surface area contributed by atoms with E-state index in [1.807, 2.05) is 91.8 Å². The van der Waals surface area contributed by atoms with Crippen LogP contribution < -0.4 is 73.8 Å².